The van der Waals surface area contributed by atoms with Crippen molar-refractivity contribution in [1.29, 1.82) is 0 Å². The van der Waals surface area contributed by atoms with E-state index in [-0.39, 0.29) is 21.9 Å². The molecule has 0 saturated heterocycles. The van der Waals surface area contributed by atoms with Gasteiger partial charge in [0, 0.05) is 5.39 Å². The van der Waals surface area contributed by atoms with Crippen LogP contribution in [0.4, 0.5) is 0 Å². The fraction of sp³-hybridized carbons (Fsp3) is 0.0526. The molecule has 0 saturated carbocycles. The zero-order chi connectivity index (χ0) is 17.8. The molecule has 1 heterocycles. The number of aryl methyl sites for hydroxylation is 1. The van der Waals surface area contributed by atoms with Crippen molar-refractivity contribution in [3.8, 4) is 0 Å². The molecular formula is C19H13NO4S. The average molecular weight is 351 g/mol. The fourth-order valence-corrected chi connectivity index (χ4v) is 4.59. The van der Waals surface area contributed by atoms with Crippen LogP contribution < -0.4 is 0 Å². The zero-order valence-corrected chi connectivity index (χ0v) is 14.1. The number of rotatable bonds is 2. The number of allylic oxidation sites excluding steroid dienone is 2. The number of benzene rings is 2. The molecule has 0 bridgehead atoms. The summed E-state index contributed by atoms with van der Waals surface area (Å²) in [5.74, 6) is -0.870. The van der Waals surface area contributed by atoms with Crippen molar-refractivity contribution in [1.82, 2.24) is 3.97 Å². The van der Waals surface area contributed by atoms with Crippen LogP contribution in [0.1, 0.15) is 26.4 Å². The first-order valence-electron chi connectivity index (χ1n) is 7.63. The molecule has 0 aliphatic heterocycles. The Morgan fingerprint density at radius 2 is 1.48 bits per heavy atom. The molecule has 4 rings (SSSR count). The van der Waals surface area contributed by atoms with Crippen LogP contribution in [0.15, 0.2) is 65.6 Å². The van der Waals surface area contributed by atoms with Gasteiger partial charge in [-0.15, -0.1) is 0 Å². The van der Waals surface area contributed by atoms with E-state index in [0.717, 1.165) is 15.6 Å². The van der Waals surface area contributed by atoms with Gasteiger partial charge >= 0.3 is 0 Å². The molecule has 5 nitrogen and oxygen atoms in total. The van der Waals surface area contributed by atoms with Crippen LogP contribution in [0, 0.1) is 6.92 Å². The Labute approximate surface area is 144 Å². The molecule has 0 spiro atoms. The molecular weight excluding hydrogens is 338 g/mol. The third kappa shape index (κ3) is 2.18. The van der Waals surface area contributed by atoms with Crippen molar-refractivity contribution in [2.75, 3.05) is 0 Å². The minimum Gasteiger partial charge on any atom is -0.289 e. The van der Waals surface area contributed by atoms with E-state index in [1.54, 1.807) is 36.4 Å². The summed E-state index contributed by atoms with van der Waals surface area (Å²) in [6.07, 6.45) is 2.30. The van der Waals surface area contributed by atoms with Crippen LogP contribution >= 0.6 is 0 Å². The Morgan fingerprint density at radius 1 is 0.840 bits per heavy atom. The lowest BCUT2D eigenvalue weighted by atomic mass is 9.99. The lowest BCUT2D eigenvalue weighted by molar-refractivity contribution is 0.0992. The van der Waals surface area contributed by atoms with E-state index < -0.39 is 15.8 Å². The second-order valence-corrected chi connectivity index (χ2v) is 7.67. The normalized spacial score (nSPS) is 14.1. The second-order valence-electron chi connectivity index (χ2n) is 5.89. The van der Waals surface area contributed by atoms with Gasteiger partial charge in [0.15, 0.2) is 5.78 Å². The van der Waals surface area contributed by atoms with E-state index >= 15 is 0 Å². The van der Waals surface area contributed by atoms with E-state index in [4.69, 9.17) is 0 Å². The largest absolute Gasteiger partial charge is 0.289 e. The van der Waals surface area contributed by atoms with Crippen molar-refractivity contribution < 1.29 is 18.0 Å². The first-order chi connectivity index (χ1) is 11.9. The molecule has 1 aliphatic carbocycles. The molecule has 124 valence electrons. The maximum absolute atomic E-state index is 13.2. The summed E-state index contributed by atoms with van der Waals surface area (Å²) in [5.41, 5.74) is 1.28. The van der Waals surface area contributed by atoms with E-state index in [2.05, 4.69) is 0 Å². The smallest absolute Gasteiger partial charge is 0.268 e. The van der Waals surface area contributed by atoms with Crippen molar-refractivity contribution in [2.24, 2.45) is 0 Å². The first kappa shape index (κ1) is 15.5. The molecule has 6 heteroatoms. The van der Waals surface area contributed by atoms with Crippen LogP contribution in [0.5, 0.6) is 0 Å². The van der Waals surface area contributed by atoms with Gasteiger partial charge in [0.25, 0.3) is 10.0 Å². The van der Waals surface area contributed by atoms with Crippen LogP contribution in [0.25, 0.3) is 10.9 Å². The number of hydrogen-bond acceptors (Lipinski definition) is 4. The quantitative estimate of drug-likeness (QED) is 0.711. The number of ketones is 2. The van der Waals surface area contributed by atoms with Crippen LogP contribution in [-0.4, -0.2) is 24.0 Å². The highest BCUT2D eigenvalue weighted by Crippen LogP contribution is 2.33. The van der Waals surface area contributed by atoms with Gasteiger partial charge in [0.05, 0.1) is 16.0 Å². The zero-order valence-electron chi connectivity index (χ0n) is 13.3. The molecule has 1 aromatic heterocycles. The van der Waals surface area contributed by atoms with Crippen molar-refractivity contribution >= 4 is 32.5 Å². The van der Waals surface area contributed by atoms with E-state index in [1.165, 1.54) is 18.2 Å². The molecule has 2 aromatic carbocycles. The van der Waals surface area contributed by atoms with Gasteiger partial charge in [-0.2, -0.15) is 0 Å². The first-order valence-corrected chi connectivity index (χ1v) is 9.07. The maximum atomic E-state index is 13.2. The summed E-state index contributed by atoms with van der Waals surface area (Å²) in [6, 6.07) is 13.0. The van der Waals surface area contributed by atoms with E-state index in [0.29, 0.717) is 10.9 Å². The lowest BCUT2D eigenvalue weighted by Gasteiger charge is -2.12. The average Bonchev–Trinajstić information content (AvgIpc) is 2.96. The van der Waals surface area contributed by atoms with Gasteiger partial charge in [-0.25, -0.2) is 12.4 Å². The summed E-state index contributed by atoms with van der Waals surface area (Å²) >= 11 is 0. The molecule has 0 fully saturated rings. The van der Waals surface area contributed by atoms with Crippen LogP contribution in [-0.2, 0) is 10.0 Å². The fourth-order valence-electron chi connectivity index (χ4n) is 3.06. The predicted molar refractivity (Wildman–Crippen MR) is 93.5 cm³/mol. The Hall–Kier alpha value is -2.99. The maximum Gasteiger partial charge on any atom is 0.268 e. The summed E-state index contributed by atoms with van der Waals surface area (Å²) in [7, 11) is -4.03. The molecule has 25 heavy (non-hydrogen) atoms. The molecule has 3 aromatic rings. The number of nitrogens with zero attached hydrogens (tertiary/aromatic N) is 1. The van der Waals surface area contributed by atoms with E-state index in [1.807, 2.05) is 6.92 Å². The van der Waals surface area contributed by atoms with Crippen molar-refractivity contribution in [2.45, 2.75) is 11.8 Å². The van der Waals surface area contributed by atoms with Crippen molar-refractivity contribution in [3.63, 3.8) is 0 Å². The number of para-hydroxylation sites is 1. The SMILES string of the molecule is Cc1ccc(S(=O)(=O)n2c3c(c4ccccc42)C(=O)C=CC3=O)cc1. The highest BCUT2D eigenvalue weighted by molar-refractivity contribution is 7.90. The Balaban J connectivity index is 2.13. The minimum absolute atomic E-state index is 0.0662. The highest BCUT2D eigenvalue weighted by atomic mass is 32.2. The summed E-state index contributed by atoms with van der Waals surface area (Å²) in [5, 5.41) is 0.455. The van der Waals surface area contributed by atoms with Gasteiger partial charge in [-0.05, 0) is 37.3 Å². The molecule has 0 amide bonds. The summed E-state index contributed by atoms with van der Waals surface area (Å²) in [4.78, 5) is 24.8. The third-order valence-electron chi connectivity index (χ3n) is 4.26. The number of carbonyl (C=O) groups is 2. The Kier molecular flexibility index (Phi) is 3.27. The van der Waals surface area contributed by atoms with Gasteiger partial charge in [0.2, 0.25) is 5.78 Å². The Bertz CT molecular complexity index is 1180. The van der Waals surface area contributed by atoms with Gasteiger partial charge in [0.1, 0.15) is 5.69 Å². The van der Waals surface area contributed by atoms with Crippen LogP contribution in [0.3, 0.4) is 0 Å². The van der Waals surface area contributed by atoms with Gasteiger partial charge < -0.3 is 0 Å². The lowest BCUT2D eigenvalue weighted by Crippen LogP contribution is -2.21. The van der Waals surface area contributed by atoms with Gasteiger partial charge in [-0.3, -0.25) is 9.59 Å². The molecule has 0 unspecified atom stereocenters. The molecule has 0 N–H and O–H groups in total. The topological polar surface area (TPSA) is 73.2 Å². The number of fused-ring (bicyclic) bond motifs is 3. The number of hydrogen-bond donors (Lipinski definition) is 0. The molecule has 0 radical (unpaired) electrons. The molecule has 1 aliphatic rings. The van der Waals surface area contributed by atoms with Crippen LogP contribution in [0.2, 0.25) is 0 Å². The number of aromatic nitrogens is 1. The summed E-state index contributed by atoms with van der Waals surface area (Å²) in [6.45, 7) is 1.86. The monoisotopic (exact) mass is 351 g/mol. The highest BCUT2D eigenvalue weighted by Gasteiger charge is 2.33. The Morgan fingerprint density at radius 3 is 2.20 bits per heavy atom. The molecule has 0 atom stereocenters. The van der Waals surface area contributed by atoms with Gasteiger partial charge in [-0.1, -0.05) is 35.9 Å². The summed E-state index contributed by atoms with van der Waals surface area (Å²) < 4.78 is 27.4. The standard InChI is InChI=1S/C19H13NO4S/c1-12-6-8-13(9-7-12)25(23,24)20-15-5-3-2-4-14(15)18-16(21)10-11-17(22)19(18)20/h2-11H,1H3. The van der Waals surface area contributed by atoms with Crippen molar-refractivity contribution in [3.05, 3.63) is 77.5 Å². The minimum atomic E-state index is -4.03. The van der Waals surface area contributed by atoms with E-state index in [9.17, 15) is 18.0 Å². The predicted octanol–water partition coefficient (Wildman–Crippen LogP) is 3.12. The second kappa shape index (κ2) is 5.26. The third-order valence-corrected chi connectivity index (χ3v) is 5.99. The number of carbonyl (C=O) groups excluding carboxylic acids is 2.